The average Bonchev–Trinajstić information content (AvgIpc) is 3.84. The minimum absolute atomic E-state index is 0.0577. The number of carbonyl (C=O) groups excluding carboxylic acids is 2. The number of amides is 2. The molecule has 0 unspecified atom stereocenters. The van der Waals surface area contributed by atoms with Crippen LogP contribution in [0.4, 0.5) is 24.8 Å². The second kappa shape index (κ2) is 18.8. The zero-order valence-corrected chi connectivity index (χ0v) is 34.2. The Kier molecular flexibility index (Phi) is 12.9. The summed E-state index contributed by atoms with van der Waals surface area (Å²) in [6.07, 6.45) is 2.88. The number of para-hydroxylation sites is 1. The topological polar surface area (TPSA) is 259 Å². The first kappa shape index (κ1) is 43.8. The Morgan fingerprint density at radius 2 is 1.09 bits per heavy atom. The molecule has 3 aromatic carbocycles. The lowest BCUT2D eigenvalue weighted by atomic mass is 10.1. The van der Waals surface area contributed by atoms with Gasteiger partial charge in [-0.2, -0.15) is 33.9 Å². The van der Waals surface area contributed by atoms with E-state index in [4.69, 9.17) is 32.4 Å². The van der Waals surface area contributed by atoms with E-state index in [-0.39, 0.29) is 52.2 Å². The van der Waals surface area contributed by atoms with E-state index in [0.29, 0.717) is 48.7 Å². The van der Waals surface area contributed by atoms with E-state index in [1.807, 2.05) is 42.5 Å². The number of ether oxygens (including phenoxy) is 2. The summed E-state index contributed by atoms with van der Waals surface area (Å²) in [6.45, 7) is 2.28. The van der Waals surface area contributed by atoms with Crippen molar-refractivity contribution < 1.29 is 32.2 Å². The Bertz CT molecular complexity index is 2710. The minimum Gasteiger partial charge on any atom is -0.457 e. The molecule has 0 aliphatic carbocycles. The SMILES string of the molecule is N#CN1CCC[C@@H](n2nc(-c3ccc(Oc4cccc(C(F)(F)F)n4)cc3)c(C(N)=O)c2N)C1.N#CN1CCC[C@@H](n2nc(-c3ccc(Oc4ccccc4)cc3)c(C(N)=O)c2N)C1. The van der Waals surface area contributed by atoms with Gasteiger partial charge in [-0.05, 0) is 92.4 Å². The molecule has 64 heavy (non-hydrogen) atoms. The zero-order valence-electron chi connectivity index (χ0n) is 34.2. The normalized spacial score (nSPS) is 16.1. The second-order valence-electron chi connectivity index (χ2n) is 14.9. The fraction of sp³-hybridized carbons (Fsp3) is 0.250. The number of nitriles is 2. The molecular weight excluding hydrogens is 832 g/mol. The quantitative estimate of drug-likeness (QED) is 0.105. The van der Waals surface area contributed by atoms with Crippen LogP contribution in [0, 0.1) is 22.9 Å². The molecule has 2 amide bonds. The average molecular weight is 874 g/mol. The van der Waals surface area contributed by atoms with Crippen LogP contribution >= 0.6 is 0 Å². The van der Waals surface area contributed by atoms with Crippen molar-refractivity contribution in [2.75, 3.05) is 37.6 Å². The minimum atomic E-state index is -4.59. The maximum Gasteiger partial charge on any atom is 0.433 e. The highest BCUT2D eigenvalue weighted by molar-refractivity contribution is 6.04. The molecular formula is C44H42F3N13O4. The molecule has 328 valence electrons. The third kappa shape index (κ3) is 9.76. The summed E-state index contributed by atoms with van der Waals surface area (Å²) >= 11 is 0. The largest absolute Gasteiger partial charge is 0.457 e. The number of halogens is 3. The number of nitrogens with zero attached hydrogens (tertiary/aromatic N) is 9. The Labute approximate surface area is 364 Å². The van der Waals surface area contributed by atoms with Crippen molar-refractivity contribution in [1.82, 2.24) is 34.3 Å². The number of rotatable bonds is 10. The summed E-state index contributed by atoms with van der Waals surface area (Å²) in [4.78, 5) is 31.0. The Hall–Kier alpha value is -8.26. The number of primary amides is 2. The fourth-order valence-corrected chi connectivity index (χ4v) is 7.57. The number of piperidine rings is 2. The van der Waals surface area contributed by atoms with Crippen molar-refractivity contribution in [3.8, 4) is 58.0 Å². The second-order valence-corrected chi connectivity index (χ2v) is 14.9. The highest BCUT2D eigenvalue weighted by Crippen LogP contribution is 2.36. The number of nitrogen functional groups attached to an aromatic ring is 2. The van der Waals surface area contributed by atoms with E-state index in [9.17, 15) is 33.3 Å². The molecule has 2 fully saturated rings. The van der Waals surface area contributed by atoms with Crippen LogP contribution in [0.2, 0.25) is 0 Å². The Balaban J connectivity index is 0.000000193. The van der Waals surface area contributed by atoms with Crippen LogP contribution in [0.15, 0.2) is 97.1 Å². The van der Waals surface area contributed by atoms with Crippen LogP contribution in [0.1, 0.15) is 64.2 Å². The van der Waals surface area contributed by atoms with Crippen molar-refractivity contribution in [3.63, 3.8) is 0 Å². The number of carbonyl (C=O) groups is 2. The molecule has 5 heterocycles. The summed E-state index contributed by atoms with van der Waals surface area (Å²) in [7, 11) is 0. The van der Waals surface area contributed by atoms with E-state index in [2.05, 4.69) is 27.6 Å². The number of nitrogens with two attached hydrogens (primary N) is 4. The van der Waals surface area contributed by atoms with Crippen LogP contribution in [0.25, 0.3) is 22.5 Å². The van der Waals surface area contributed by atoms with E-state index in [1.165, 1.54) is 28.9 Å². The zero-order chi connectivity index (χ0) is 45.5. The third-order valence-corrected chi connectivity index (χ3v) is 10.6. The Morgan fingerprint density at radius 1 is 0.641 bits per heavy atom. The van der Waals surface area contributed by atoms with E-state index < -0.39 is 23.7 Å². The number of alkyl halides is 3. The van der Waals surface area contributed by atoms with Gasteiger partial charge in [0.25, 0.3) is 11.8 Å². The predicted octanol–water partition coefficient (Wildman–Crippen LogP) is 6.70. The van der Waals surface area contributed by atoms with Gasteiger partial charge in [0.1, 0.15) is 57.1 Å². The molecule has 2 aliphatic rings. The summed E-state index contributed by atoms with van der Waals surface area (Å²) in [5.74, 6) is 0.374. The maximum atomic E-state index is 12.9. The van der Waals surface area contributed by atoms with E-state index >= 15 is 0 Å². The summed E-state index contributed by atoms with van der Waals surface area (Å²) in [5, 5.41) is 27.6. The first-order valence-electron chi connectivity index (χ1n) is 20.0. The first-order valence-corrected chi connectivity index (χ1v) is 20.0. The van der Waals surface area contributed by atoms with Crippen LogP contribution in [-0.4, -0.2) is 72.3 Å². The van der Waals surface area contributed by atoms with Gasteiger partial charge in [-0.25, -0.2) is 14.3 Å². The molecule has 17 nitrogen and oxygen atoms in total. The number of pyridine rings is 1. The summed E-state index contributed by atoms with van der Waals surface area (Å²) < 4.78 is 53.0. The van der Waals surface area contributed by atoms with Gasteiger partial charge in [0.15, 0.2) is 12.4 Å². The fourth-order valence-electron chi connectivity index (χ4n) is 7.57. The molecule has 8 rings (SSSR count). The van der Waals surface area contributed by atoms with Gasteiger partial charge in [0.05, 0.1) is 25.2 Å². The highest BCUT2D eigenvalue weighted by atomic mass is 19.4. The molecule has 2 saturated heterocycles. The molecule has 2 atom stereocenters. The summed E-state index contributed by atoms with van der Waals surface area (Å²) in [5.41, 5.74) is 24.8. The van der Waals surface area contributed by atoms with Crippen LogP contribution in [-0.2, 0) is 6.18 Å². The smallest absolute Gasteiger partial charge is 0.433 e. The molecule has 20 heteroatoms. The van der Waals surface area contributed by atoms with Gasteiger partial charge in [0, 0.05) is 30.3 Å². The lowest BCUT2D eigenvalue weighted by molar-refractivity contribution is -0.141. The monoisotopic (exact) mass is 873 g/mol. The lowest BCUT2D eigenvalue weighted by Crippen LogP contribution is -2.34. The van der Waals surface area contributed by atoms with Gasteiger partial charge in [-0.1, -0.05) is 24.3 Å². The first-order chi connectivity index (χ1) is 30.7. The molecule has 0 saturated carbocycles. The molecule has 6 aromatic rings. The van der Waals surface area contributed by atoms with Crippen molar-refractivity contribution >= 4 is 23.5 Å². The standard InChI is InChI=1S/C22H20F3N7O2.C22H22N6O2/c23-22(24,25)16-4-1-5-17(29-16)34-15-8-6-13(7-9-15)19-18(21(28)33)20(27)32(30-19)14-3-2-10-31(11-14)12-26;23-14-27-12-4-5-16(13-27)28-21(24)19(22(25)29)20(26-28)15-8-10-18(11-9-15)30-17-6-2-1-3-7-17/h1,4-9,14H,2-3,10-11,27H2,(H2,28,33);1-3,6-11,16H,4-5,12-13,24H2,(H2,25,29)/t14-;16-/m11/s1. The molecule has 0 radical (unpaired) electrons. The number of likely N-dealkylation sites (tertiary alicyclic amines) is 2. The molecule has 0 bridgehead atoms. The molecule has 8 N–H and O–H groups in total. The van der Waals surface area contributed by atoms with E-state index in [0.717, 1.165) is 37.5 Å². The number of anilines is 2. The van der Waals surface area contributed by atoms with Gasteiger partial charge >= 0.3 is 6.18 Å². The number of hydrogen-bond donors (Lipinski definition) is 4. The maximum absolute atomic E-state index is 12.9. The van der Waals surface area contributed by atoms with Gasteiger partial charge in [0.2, 0.25) is 5.88 Å². The number of benzene rings is 3. The van der Waals surface area contributed by atoms with Crippen molar-refractivity contribution in [3.05, 3.63) is 114 Å². The van der Waals surface area contributed by atoms with Crippen LogP contribution in [0.3, 0.4) is 0 Å². The Morgan fingerprint density at radius 3 is 1.53 bits per heavy atom. The van der Waals surface area contributed by atoms with Crippen LogP contribution < -0.4 is 32.4 Å². The third-order valence-electron chi connectivity index (χ3n) is 10.6. The number of hydrogen-bond acceptors (Lipinski definition) is 13. The highest BCUT2D eigenvalue weighted by Gasteiger charge is 2.33. The van der Waals surface area contributed by atoms with Crippen molar-refractivity contribution in [1.29, 1.82) is 10.5 Å². The van der Waals surface area contributed by atoms with Gasteiger partial charge in [-0.3, -0.25) is 9.59 Å². The molecule has 2 aliphatic heterocycles. The van der Waals surface area contributed by atoms with Crippen LogP contribution in [0.5, 0.6) is 23.1 Å². The summed E-state index contributed by atoms with van der Waals surface area (Å²) in [6, 6.07) is 26.0. The molecule has 0 spiro atoms. The van der Waals surface area contributed by atoms with Gasteiger partial charge in [-0.15, -0.1) is 0 Å². The van der Waals surface area contributed by atoms with E-state index in [1.54, 1.807) is 38.7 Å². The van der Waals surface area contributed by atoms with Crippen molar-refractivity contribution in [2.24, 2.45) is 11.5 Å². The van der Waals surface area contributed by atoms with Crippen molar-refractivity contribution in [2.45, 2.75) is 43.9 Å². The predicted molar refractivity (Wildman–Crippen MR) is 228 cm³/mol. The lowest BCUT2D eigenvalue weighted by Gasteiger charge is -2.29. The number of aromatic nitrogens is 5. The van der Waals surface area contributed by atoms with Gasteiger partial charge < -0.3 is 42.2 Å². The molecule has 3 aromatic heterocycles.